The summed E-state index contributed by atoms with van der Waals surface area (Å²) >= 11 is 6.80. The van der Waals surface area contributed by atoms with Crippen LogP contribution in [0.5, 0.6) is 0 Å². The van der Waals surface area contributed by atoms with Crippen LogP contribution in [0, 0.1) is 0 Å². The van der Waals surface area contributed by atoms with Crippen LogP contribution in [0.1, 0.15) is 22.3 Å². The van der Waals surface area contributed by atoms with E-state index >= 15 is 0 Å². The number of fused-ring (bicyclic) bond motifs is 1. The molecule has 0 saturated carbocycles. The molecule has 0 aromatic heterocycles. The number of hydrogen-bond donors (Lipinski definition) is 2. The van der Waals surface area contributed by atoms with E-state index in [1.807, 2.05) is 24.3 Å². The van der Waals surface area contributed by atoms with Crippen molar-refractivity contribution in [2.24, 2.45) is 0 Å². The molecule has 0 unspecified atom stereocenters. The minimum Gasteiger partial charge on any atom is -0.385 e. The summed E-state index contributed by atoms with van der Waals surface area (Å²) in [5.41, 5.74) is 3.85. The lowest BCUT2D eigenvalue weighted by molar-refractivity contribution is 0.102. The largest absolute Gasteiger partial charge is 0.385 e. The maximum atomic E-state index is 12.3. The van der Waals surface area contributed by atoms with E-state index in [0.29, 0.717) is 5.56 Å². The first-order valence-corrected chi connectivity index (χ1v) is 8.35. The van der Waals surface area contributed by atoms with Crippen LogP contribution in [-0.4, -0.2) is 12.5 Å². The van der Waals surface area contributed by atoms with Crippen molar-refractivity contribution in [3.63, 3.8) is 0 Å². The molecule has 0 radical (unpaired) electrons. The average Bonchev–Trinajstić information content (AvgIpc) is 2.47. The van der Waals surface area contributed by atoms with Crippen LogP contribution in [-0.2, 0) is 6.42 Å². The van der Waals surface area contributed by atoms with Crippen LogP contribution in [0.3, 0.4) is 0 Å². The monoisotopic (exact) mass is 408 g/mol. The Morgan fingerprint density at radius 2 is 2.00 bits per heavy atom. The third kappa shape index (κ3) is 3.30. The zero-order valence-corrected chi connectivity index (χ0v) is 14.4. The topological polar surface area (TPSA) is 41.1 Å². The lowest BCUT2D eigenvalue weighted by Gasteiger charge is -2.19. The van der Waals surface area contributed by atoms with Crippen LogP contribution in [0.4, 0.5) is 11.4 Å². The molecule has 108 valence electrons. The molecule has 2 aromatic carbocycles. The highest BCUT2D eigenvalue weighted by atomic mass is 79.9. The Bertz CT molecular complexity index is 701. The summed E-state index contributed by atoms with van der Waals surface area (Å²) in [7, 11) is 0. The third-order valence-corrected chi connectivity index (χ3v) is 4.63. The Morgan fingerprint density at radius 3 is 2.81 bits per heavy atom. The van der Waals surface area contributed by atoms with E-state index in [9.17, 15) is 4.79 Å². The number of hydrogen-bond acceptors (Lipinski definition) is 2. The van der Waals surface area contributed by atoms with Gasteiger partial charge in [-0.3, -0.25) is 4.79 Å². The summed E-state index contributed by atoms with van der Waals surface area (Å²) in [6, 6.07) is 11.5. The predicted molar refractivity (Wildman–Crippen MR) is 93.0 cm³/mol. The summed E-state index contributed by atoms with van der Waals surface area (Å²) < 4.78 is 1.70. The molecule has 3 rings (SSSR count). The van der Waals surface area contributed by atoms with E-state index in [2.05, 4.69) is 48.6 Å². The van der Waals surface area contributed by atoms with Gasteiger partial charge in [-0.1, -0.05) is 22.0 Å². The molecule has 0 fully saturated rings. The van der Waals surface area contributed by atoms with Gasteiger partial charge in [0.15, 0.2) is 0 Å². The number of rotatable bonds is 2. The molecule has 3 nitrogen and oxygen atoms in total. The molecule has 0 aliphatic carbocycles. The van der Waals surface area contributed by atoms with Gasteiger partial charge in [0.2, 0.25) is 0 Å². The Balaban J connectivity index is 1.81. The Hall–Kier alpha value is -1.33. The van der Waals surface area contributed by atoms with Gasteiger partial charge in [-0.15, -0.1) is 0 Å². The van der Waals surface area contributed by atoms with Crippen LogP contribution in [0.2, 0.25) is 0 Å². The van der Waals surface area contributed by atoms with Gasteiger partial charge in [-0.25, -0.2) is 0 Å². The van der Waals surface area contributed by atoms with Crippen molar-refractivity contribution in [2.75, 3.05) is 17.2 Å². The number of anilines is 2. The standard InChI is InChI=1S/C16H14Br2N2O/c17-11-4-6-13(14(18)8-11)16(21)20-12-5-3-10-2-1-7-19-15(10)9-12/h3-6,8-9,19H,1-2,7H2,(H,20,21). The third-order valence-electron chi connectivity index (χ3n) is 3.48. The van der Waals surface area contributed by atoms with Gasteiger partial charge in [0.25, 0.3) is 5.91 Å². The number of amides is 1. The number of nitrogens with one attached hydrogen (secondary N) is 2. The smallest absolute Gasteiger partial charge is 0.256 e. The number of carbonyl (C=O) groups excluding carboxylic acids is 1. The summed E-state index contributed by atoms with van der Waals surface area (Å²) in [6.07, 6.45) is 2.25. The second-order valence-corrected chi connectivity index (χ2v) is 6.75. The van der Waals surface area contributed by atoms with Gasteiger partial charge in [0, 0.05) is 26.9 Å². The summed E-state index contributed by atoms with van der Waals surface area (Å²) in [5.74, 6) is -0.120. The van der Waals surface area contributed by atoms with E-state index in [4.69, 9.17) is 0 Å². The summed E-state index contributed by atoms with van der Waals surface area (Å²) in [6.45, 7) is 0.989. The Kier molecular flexibility index (Phi) is 4.31. The molecular formula is C16H14Br2N2O. The van der Waals surface area contributed by atoms with Crippen LogP contribution in [0.25, 0.3) is 0 Å². The zero-order chi connectivity index (χ0) is 14.8. The summed E-state index contributed by atoms with van der Waals surface area (Å²) in [4.78, 5) is 12.3. The van der Waals surface area contributed by atoms with E-state index in [1.54, 1.807) is 6.07 Å². The van der Waals surface area contributed by atoms with Crippen molar-refractivity contribution in [3.8, 4) is 0 Å². The van der Waals surface area contributed by atoms with Gasteiger partial charge in [0.1, 0.15) is 0 Å². The number of carbonyl (C=O) groups is 1. The highest BCUT2D eigenvalue weighted by molar-refractivity contribution is 9.11. The molecule has 1 heterocycles. The molecule has 0 spiro atoms. The average molecular weight is 410 g/mol. The second-order valence-electron chi connectivity index (χ2n) is 4.98. The number of halogens is 2. The lowest BCUT2D eigenvalue weighted by Crippen LogP contribution is -2.15. The summed E-state index contributed by atoms with van der Waals surface area (Å²) in [5, 5.41) is 6.31. The van der Waals surface area contributed by atoms with Crippen molar-refractivity contribution >= 4 is 49.1 Å². The molecule has 0 atom stereocenters. The second kappa shape index (κ2) is 6.20. The van der Waals surface area contributed by atoms with Gasteiger partial charge >= 0.3 is 0 Å². The molecular weight excluding hydrogens is 396 g/mol. The minimum atomic E-state index is -0.120. The molecule has 2 aromatic rings. The fourth-order valence-corrected chi connectivity index (χ4v) is 3.64. The minimum absolute atomic E-state index is 0.120. The maximum Gasteiger partial charge on any atom is 0.256 e. The van der Waals surface area contributed by atoms with E-state index in [1.165, 1.54) is 5.56 Å². The van der Waals surface area contributed by atoms with Crippen molar-refractivity contribution in [1.82, 2.24) is 0 Å². The van der Waals surface area contributed by atoms with Crippen LogP contribution < -0.4 is 10.6 Å². The zero-order valence-electron chi connectivity index (χ0n) is 11.2. The SMILES string of the molecule is O=C(Nc1ccc2c(c1)NCCC2)c1ccc(Br)cc1Br. The normalized spacial score (nSPS) is 13.2. The van der Waals surface area contributed by atoms with Gasteiger partial charge in [-0.05, 0) is 64.7 Å². The number of benzene rings is 2. The maximum absolute atomic E-state index is 12.3. The molecule has 0 bridgehead atoms. The molecule has 2 N–H and O–H groups in total. The molecule has 1 aliphatic heterocycles. The molecule has 1 aliphatic rings. The van der Waals surface area contributed by atoms with E-state index in [-0.39, 0.29) is 5.91 Å². The van der Waals surface area contributed by atoms with Crippen molar-refractivity contribution in [1.29, 1.82) is 0 Å². The highest BCUT2D eigenvalue weighted by Crippen LogP contribution is 2.27. The first-order chi connectivity index (χ1) is 10.1. The lowest BCUT2D eigenvalue weighted by atomic mass is 10.0. The van der Waals surface area contributed by atoms with Crippen molar-refractivity contribution in [3.05, 3.63) is 56.5 Å². The quantitative estimate of drug-likeness (QED) is 0.746. The molecule has 21 heavy (non-hydrogen) atoms. The molecule has 1 amide bonds. The Labute approximate surface area is 140 Å². The van der Waals surface area contributed by atoms with Crippen molar-refractivity contribution in [2.45, 2.75) is 12.8 Å². The first-order valence-electron chi connectivity index (χ1n) is 6.77. The number of aryl methyl sites for hydroxylation is 1. The fraction of sp³-hybridized carbons (Fsp3) is 0.188. The van der Waals surface area contributed by atoms with E-state index < -0.39 is 0 Å². The van der Waals surface area contributed by atoms with Gasteiger partial charge in [0.05, 0.1) is 5.56 Å². The molecule has 0 saturated heterocycles. The van der Waals surface area contributed by atoms with Crippen LogP contribution >= 0.6 is 31.9 Å². The van der Waals surface area contributed by atoms with Crippen LogP contribution in [0.15, 0.2) is 45.3 Å². The Morgan fingerprint density at radius 1 is 1.14 bits per heavy atom. The van der Waals surface area contributed by atoms with Crippen molar-refractivity contribution < 1.29 is 4.79 Å². The van der Waals surface area contributed by atoms with Gasteiger partial charge in [-0.2, -0.15) is 0 Å². The predicted octanol–water partition coefficient (Wildman–Crippen LogP) is 4.82. The van der Waals surface area contributed by atoms with E-state index in [0.717, 1.165) is 39.7 Å². The highest BCUT2D eigenvalue weighted by Gasteiger charge is 2.13. The fourth-order valence-electron chi connectivity index (χ4n) is 2.41. The molecule has 5 heteroatoms. The van der Waals surface area contributed by atoms with Gasteiger partial charge < -0.3 is 10.6 Å². The first kappa shape index (κ1) is 14.6.